The third-order valence-electron chi connectivity index (χ3n) is 4.44. The summed E-state index contributed by atoms with van der Waals surface area (Å²) in [7, 11) is 0. The summed E-state index contributed by atoms with van der Waals surface area (Å²) < 4.78 is 1.96. The maximum Gasteiger partial charge on any atom is 0.246 e. The van der Waals surface area contributed by atoms with E-state index in [0.29, 0.717) is 6.04 Å². The van der Waals surface area contributed by atoms with Crippen molar-refractivity contribution in [3.8, 4) is 0 Å². The highest BCUT2D eigenvalue weighted by Crippen LogP contribution is 2.34. The molecule has 0 bridgehead atoms. The van der Waals surface area contributed by atoms with Gasteiger partial charge in [0.25, 0.3) is 0 Å². The number of hydrogen-bond acceptors (Lipinski definition) is 6. The number of carbonyl (C=O) groups excluding carboxylic acids is 1. The molecule has 0 N–H and O–H groups in total. The van der Waals surface area contributed by atoms with Gasteiger partial charge in [-0.3, -0.25) is 9.69 Å². The van der Waals surface area contributed by atoms with Crippen molar-refractivity contribution in [2.24, 2.45) is 0 Å². The van der Waals surface area contributed by atoms with E-state index in [1.54, 1.807) is 17.4 Å². The third kappa shape index (κ3) is 3.54. The van der Waals surface area contributed by atoms with E-state index in [2.05, 4.69) is 20.4 Å². The highest BCUT2D eigenvalue weighted by atomic mass is 32.1. The van der Waals surface area contributed by atoms with Gasteiger partial charge < -0.3 is 4.90 Å². The SMILES string of the molecule is O=C(/C=C/c1cccs1)N1CCN(Cc2nnnn2C2CC2)CC1. The fourth-order valence-electron chi connectivity index (χ4n) is 2.89. The van der Waals surface area contributed by atoms with E-state index in [1.165, 1.54) is 12.8 Å². The first kappa shape index (κ1) is 15.5. The molecule has 3 heterocycles. The van der Waals surface area contributed by atoms with Crippen molar-refractivity contribution in [3.63, 3.8) is 0 Å². The summed E-state index contributed by atoms with van der Waals surface area (Å²) >= 11 is 1.64. The highest BCUT2D eigenvalue weighted by Gasteiger charge is 2.29. The molecule has 7 nitrogen and oxygen atoms in total. The van der Waals surface area contributed by atoms with Gasteiger partial charge in [0.15, 0.2) is 5.82 Å². The lowest BCUT2D eigenvalue weighted by Crippen LogP contribution is -2.48. The molecule has 0 spiro atoms. The molecule has 1 saturated heterocycles. The molecule has 2 fully saturated rings. The van der Waals surface area contributed by atoms with E-state index in [1.807, 2.05) is 33.2 Å². The van der Waals surface area contributed by atoms with Crippen molar-refractivity contribution in [3.05, 3.63) is 34.3 Å². The zero-order valence-electron chi connectivity index (χ0n) is 13.4. The van der Waals surface area contributed by atoms with Crippen LogP contribution in [-0.2, 0) is 11.3 Å². The van der Waals surface area contributed by atoms with E-state index < -0.39 is 0 Å². The summed E-state index contributed by atoms with van der Waals surface area (Å²) in [5, 5.41) is 14.1. The zero-order valence-corrected chi connectivity index (χ0v) is 14.2. The van der Waals surface area contributed by atoms with Crippen molar-refractivity contribution >= 4 is 23.3 Å². The Morgan fingerprint density at radius 2 is 2.12 bits per heavy atom. The smallest absolute Gasteiger partial charge is 0.246 e. The number of carbonyl (C=O) groups is 1. The molecule has 2 aromatic rings. The Morgan fingerprint density at radius 1 is 1.29 bits per heavy atom. The molecule has 1 aliphatic carbocycles. The maximum atomic E-state index is 12.3. The number of nitrogens with zero attached hydrogens (tertiary/aromatic N) is 6. The summed E-state index contributed by atoms with van der Waals surface area (Å²) in [4.78, 5) is 17.6. The Morgan fingerprint density at radius 3 is 2.83 bits per heavy atom. The summed E-state index contributed by atoms with van der Waals surface area (Å²) in [6.45, 7) is 3.97. The lowest BCUT2D eigenvalue weighted by Gasteiger charge is -2.33. The average Bonchev–Trinajstić information content (AvgIpc) is 3.12. The minimum absolute atomic E-state index is 0.0888. The minimum atomic E-state index is 0.0888. The molecular weight excluding hydrogens is 324 g/mol. The summed E-state index contributed by atoms with van der Waals surface area (Å²) in [6, 6.07) is 4.50. The fraction of sp³-hybridized carbons (Fsp3) is 0.500. The van der Waals surface area contributed by atoms with Crippen LogP contribution in [0.5, 0.6) is 0 Å². The Bertz CT molecular complexity index is 713. The topological polar surface area (TPSA) is 67.2 Å². The molecule has 1 aliphatic heterocycles. The third-order valence-corrected chi connectivity index (χ3v) is 5.27. The molecule has 0 radical (unpaired) electrons. The molecule has 4 rings (SSSR count). The van der Waals surface area contributed by atoms with Gasteiger partial charge in [-0.25, -0.2) is 4.68 Å². The van der Waals surface area contributed by atoms with Crippen LogP contribution >= 0.6 is 11.3 Å². The van der Waals surface area contributed by atoms with E-state index >= 15 is 0 Å². The van der Waals surface area contributed by atoms with Crippen molar-refractivity contribution in [1.29, 1.82) is 0 Å². The Kier molecular flexibility index (Phi) is 4.40. The van der Waals surface area contributed by atoms with Gasteiger partial charge in [-0.15, -0.1) is 16.4 Å². The van der Waals surface area contributed by atoms with Crippen molar-refractivity contribution in [1.82, 2.24) is 30.0 Å². The predicted octanol–water partition coefficient (Wildman–Crippen LogP) is 1.43. The molecule has 0 atom stereocenters. The maximum absolute atomic E-state index is 12.3. The van der Waals surface area contributed by atoms with Gasteiger partial charge >= 0.3 is 0 Å². The van der Waals surface area contributed by atoms with Gasteiger partial charge in [0.1, 0.15) is 0 Å². The molecule has 0 aromatic carbocycles. The lowest BCUT2D eigenvalue weighted by molar-refractivity contribution is -0.127. The average molecular weight is 344 g/mol. The number of tetrazole rings is 1. The predicted molar refractivity (Wildman–Crippen MR) is 91.3 cm³/mol. The number of amides is 1. The molecule has 0 unspecified atom stereocenters. The number of aromatic nitrogens is 4. The van der Waals surface area contributed by atoms with Crippen LogP contribution in [0.1, 0.15) is 29.6 Å². The van der Waals surface area contributed by atoms with E-state index in [9.17, 15) is 4.79 Å². The van der Waals surface area contributed by atoms with Gasteiger partial charge in [0, 0.05) is 37.1 Å². The Hall–Kier alpha value is -2.06. The molecule has 1 amide bonds. The summed E-state index contributed by atoms with van der Waals surface area (Å²) in [5.41, 5.74) is 0. The van der Waals surface area contributed by atoms with Gasteiger partial charge in [0.2, 0.25) is 5.91 Å². The number of rotatable bonds is 5. The van der Waals surface area contributed by atoms with Crippen LogP contribution in [-0.4, -0.2) is 62.1 Å². The van der Waals surface area contributed by atoms with Crippen molar-refractivity contribution in [2.45, 2.75) is 25.4 Å². The quantitative estimate of drug-likeness (QED) is 0.768. The second-order valence-corrected chi connectivity index (χ2v) is 7.20. The molecule has 126 valence electrons. The molecule has 8 heteroatoms. The molecule has 24 heavy (non-hydrogen) atoms. The van der Waals surface area contributed by atoms with E-state index in [0.717, 1.165) is 43.4 Å². The Labute approximate surface area is 144 Å². The second-order valence-electron chi connectivity index (χ2n) is 6.22. The monoisotopic (exact) mass is 344 g/mol. The first-order valence-corrected chi connectivity index (χ1v) is 9.17. The number of hydrogen-bond donors (Lipinski definition) is 0. The first-order valence-electron chi connectivity index (χ1n) is 8.29. The van der Waals surface area contributed by atoms with Gasteiger partial charge in [-0.05, 0) is 40.8 Å². The van der Waals surface area contributed by atoms with Crippen LogP contribution in [0.4, 0.5) is 0 Å². The first-order chi connectivity index (χ1) is 11.8. The molecule has 2 aliphatic rings. The summed E-state index contributed by atoms with van der Waals surface area (Å²) in [6.07, 6.45) is 5.92. The van der Waals surface area contributed by atoms with Gasteiger partial charge in [-0.2, -0.15) is 0 Å². The molecule has 1 saturated carbocycles. The Balaban J connectivity index is 1.28. The number of thiophene rings is 1. The second kappa shape index (κ2) is 6.82. The largest absolute Gasteiger partial charge is 0.337 e. The van der Waals surface area contributed by atoms with E-state index in [4.69, 9.17) is 0 Å². The van der Waals surface area contributed by atoms with Crippen LogP contribution in [0.3, 0.4) is 0 Å². The van der Waals surface area contributed by atoms with Gasteiger partial charge in [-0.1, -0.05) is 6.07 Å². The van der Waals surface area contributed by atoms with Crippen LogP contribution in [0.2, 0.25) is 0 Å². The number of piperazine rings is 1. The van der Waals surface area contributed by atoms with Crippen LogP contribution < -0.4 is 0 Å². The van der Waals surface area contributed by atoms with Crippen molar-refractivity contribution in [2.75, 3.05) is 26.2 Å². The normalized spacial score (nSPS) is 19.2. The molecule has 2 aromatic heterocycles. The summed E-state index contributed by atoms with van der Waals surface area (Å²) in [5.74, 6) is 1.03. The van der Waals surface area contributed by atoms with Crippen LogP contribution in [0.25, 0.3) is 6.08 Å². The lowest BCUT2D eigenvalue weighted by atomic mass is 10.3. The molecular formula is C16H20N6OS. The van der Waals surface area contributed by atoms with Crippen LogP contribution in [0.15, 0.2) is 23.6 Å². The van der Waals surface area contributed by atoms with Crippen molar-refractivity contribution < 1.29 is 4.79 Å². The standard InChI is InChI=1S/C16H20N6OS/c23-16(6-5-14-2-1-11-24-14)21-9-7-20(8-10-21)12-15-17-18-19-22(15)13-3-4-13/h1-2,5-6,11,13H,3-4,7-10,12H2/b6-5+. The zero-order chi connectivity index (χ0) is 16.4. The van der Waals surface area contributed by atoms with Crippen LogP contribution in [0, 0.1) is 0 Å². The minimum Gasteiger partial charge on any atom is -0.337 e. The fourth-order valence-corrected chi connectivity index (χ4v) is 3.51. The van der Waals surface area contributed by atoms with Gasteiger partial charge in [0.05, 0.1) is 12.6 Å². The highest BCUT2D eigenvalue weighted by molar-refractivity contribution is 7.10. The van der Waals surface area contributed by atoms with E-state index in [-0.39, 0.29) is 5.91 Å².